The summed E-state index contributed by atoms with van der Waals surface area (Å²) in [6.07, 6.45) is 9.26. The summed E-state index contributed by atoms with van der Waals surface area (Å²) in [5.74, 6) is 1.74. The SMILES string of the molecule is CCc1cc(CNCC2CC=CCC2)on1. The Labute approximate surface area is 96.9 Å². The van der Waals surface area contributed by atoms with Crippen molar-refractivity contribution in [3.8, 4) is 0 Å². The Kier molecular flexibility index (Phi) is 4.17. The first kappa shape index (κ1) is 11.4. The molecule has 0 aromatic carbocycles. The zero-order chi connectivity index (χ0) is 11.2. The van der Waals surface area contributed by atoms with Gasteiger partial charge in [-0.2, -0.15) is 0 Å². The van der Waals surface area contributed by atoms with Crippen LogP contribution in [-0.4, -0.2) is 11.7 Å². The molecule has 1 heterocycles. The molecule has 1 aliphatic rings. The van der Waals surface area contributed by atoms with Crippen LogP contribution in [0.15, 0.2) is 22.7 Å². The highest BCUT2D eigenvalue weighted by atomic mass is 16.5. The third-order valence-corrected chi connectivity index (χ3v) is 3.08. The molecule has 0 aliphatic heterocycles. The van der Waals surface area contributed by atoms with Crippen LogP contribution >= 0.6 is 0 Å². The Morgan fingerprint density at radius 3 is 3.12 bits per heavy atom. The first-order chi connectivity index (χ1) is 7.88. The first-order valence-corrected chi connectivity index (χ1v) is 6.18. The fourth-order valence-corrected chi connectivity index (χ4v) is 2.05. The number of nitrogens with one attached hydrogen (secondary N) is 1. The van der Waals surface area contributed by atoms with E-state index < -0.39 is 0 Å². The molecule has 1 unspecified atom stereocenters. The van der Waals surface area contributed by atoms with E-state index in [4.69, 9.17) is 4.52 Å². The van der Waals surface area contributed by atoms with Crippen LogP contribution in [0.5, 0.6) is 0 Å². The Morgan fingerprint density at radius 2 is 2.44 bits per heavy atom. The van der Waals surface area contributed by atoms with E-state index in [1.165, 1.54) is 19.3 Å². The lowest BCUT2D eigenvalue weighted by atomic mass is 9.94. The molecule has 0 radical (unpaired) electrons. The Balaban J connectivity index is 1.69. The van der Waals surface area contributed by atoms with E-state index in [0.29, 0.717) is 0 Å². The summed E-state index contributed by atoms with van der Waals surface area (Å²) in [6.45, 7) is 3.96. The molecule has 1 aliphatic carbocycles. The Bertz CT molecular complexity index is 343. The number of nitrogens with zero attached hydrogens (tertiary/aromatic N) is 1. The van der Waals surface area contributed by atoms with Crippen LogP contribution in [-0.2, 0) is 13.0 Å². The predicted molar refractivity (Wildman–Crippen MR) is 64.1 cm³/mol. The maximum absolute atomic E-state index is 5.22. The van der Waals surface area contributed by atoms with Crippen molar-refractivity contribution in [2.45, 2.75) is 39.2 Å². The summed E-state index contributed by atoms with van der Waals surface area (Å²) in [5.41, 5.74) is 1.04. The summed E-state index contributed by atoms with van der Waals surface area (Å²) < 4.78 is 5.22. The van der Waals surface area contributed by atoms with E-state index in [9.17, 15) is 0 Å². The standard InChI is InChI=1S/C13H20N2O/c1-2-12-8-13(16-15-12)10-14-9-11-6-4-3-5-7-11/h3-4,8,11,14H,2,5-7,9-10H2,1H3. The molecule has 1 N–H and O–H groups in total. The maximum atomic E-state index is 5.22. The fraction of sp³-hybridized carbons (Fsp3) is 0.615. The topological polar surface area (TPSA) is 38.1 Å². The second-order valence-corrected chi connectivity index (χ2v) is 4.42. The molecule has 0 bridgehead atoms. The van der Waals surface area contributed by atoms with E-state index in [-0.39, 0.29) is 0 Å². The van der Waals surface area contributed by atoms with Gasteiger partial charge in [0.15, 0.2) is 5.76 Å². The zero-order valence-corrected chi connectivity index (χ0v) is 9.91. The second-order valence-electron chi connectivity index (χ2n) is 4.42. The minimum Gasteiger partial charge on any atom is -0.360 e. The smallest absolute Gasteiger partial charge is 0.150 e. The maximum Gasteiger partial charge on any atom is 0.150 e. The molecular formula is C13H20N2O. The molecular weight excluding hydrogens is 200 g/mol. The number of hydrogen-bond donors (Lipinski definition) is 1. The third kappa shape index (κ3) is 3.20. The monoisotopic (exact) mass is 220 g/mol. The van der Waals surface area contributed by atoms with Crippen LogP contribution in [0, 0.1) is 5.92 Å². The highest BCUT2D eigenvalue weighted by Crippen LogP contribution is 2.17. The number of hydrogen-bond acceptors (Lipinski definition) is 3. The van der Waals surface area contributed by atoms with E-state index >= 15 is 0 Å². The quantitative estimate of drug-likeness (QED) is 0.775. The highest BCUT2D eigenvalue weighted by molar-refractivity contribution is 5.04. The molecule has 0 fully saturated rings. The van der Waals surface area contributed by atoms with Gasteiger partial charge in [-0.25, -0.2) is 0 Å². The Morgan fingerprint density at radius 1 is 1.50 bits per heavy atom. The van der Waals surface area contributed by atoms with Gasteiger partial charge in [0.2, 0.25) is 0 Å². The van der Waals surface area contributed by atoms with Gasteiger partial charge in [-0.05, 0) is 38.1 Å². The van der Waals surface area contributed by atoms with Crippen LogP contribution in [0.4, 0.5) is 0 Å². The zero-order valence-electron chi connectivity index (χ0n) is 9.91. The lowest BCUT2D eigenvalue weighted by Crippen LogP contribution is -2.22. The number of rotatable bonds is 5. The third-order valence-electron chi connectivity index (χ3n) is 3.08. The number of allylic oxidation sites excluding steroid dienone is 2. The van der Waals surface area contributed by atoms with Crippen LogP contribution in [0.1, 0.15) is 37.6 Å². The molecule has 88 valence electrons. The molecule has 1 aromatic heterocycles. The summed E-state index contributed by atoms with van der Waals surface area (Å²) in [7, 11) is 0. The van der Waals surface area contributed by atoms with Gasteiger partial charge in [0.25, 0.3) is 0 Å². The molecule has 16 heavy (non-hydrogen) atoms. The van der Waals surface area contributed by atoms with Crippen LogP contribution in [0.25, 0.3) is 0 Å². The largest absolute Gasteiger partial charge is 0.360 e. The molecule has 0 saturated carbocycles. The fourth-order valence-electron chi connectivity index (χ4n) is 2.05. The highest BCUT2D eigenvalue weighted by Gasteiger charge is 2.09. The van der Waals surface area contributed by atoms with Gasteiger partial charge in [-0.3, -0.25) is 0 Å². The van der Waals surface area contributed by atoms with Crippen LogP contribution in [0.2, 0.25) is 0 Å². The summed E-state index contributed by atoms with van der Waals surface area (Å²) in [5, 5.41) is 7.42. The van der Waals surface area contributed by atoms with Gasteiger partial charge in [0.05, 0.1) is 12.2 Å². The average Bonchev–Trinajstić information content (AvgIpc) is 2.78. The van der Waals surface area contributed by atoms with Crippen molar-refractivity contribution in [1.82, 2.24) is 10.5 Å². The normalized spacial score (nSPS) is 20.2. The minimum absolute atomic E-state index is 0.790. The van der Waals surface area contributed by atoms with Crippen molar-refractivity contribution in [1.29, 1.82) is 0 Å². The van der Waals surface area contributed by atoms with E-state index in [2.05, 4.69) is 29.5 Å². The van der Waals surface area contributed by atoms with Gasteiger partial charge in [0, 0.05) is 6.07 Å². The first-order valence-electron chi connectivity index (χ1n) is 6.18. The molecule has 3 heteroatoms. The van der Waals surface area contributed by atoms with Gasteiger partial charge in [0.1, 0.15) is 0 Å². The summed E-state index contributed by atoms with van der Waals surface area (Å²) in [4.78, 5) is 0. The Hall–Kier alpha value is -1.09. The molecule has 1 atom stereocenters. The molecule has 0 spiro atoms. The van der Waals surface area contributed by atoms with Gasteiger partial charge in [-0.15, -0.1) is 0 Å². The molecule has 0 saturated heterocycles. The number of aromatic nitrogens is 1. The molecule has 1 aromatic rings. The summed E-state index contributed by atoms with van der Waals surface area (Å²) in [6, 6.07) is 2.04. The molecule has 2 rings (SSSR count). The van der Waals surface area contributed by atoms with E-state index in [1.807, 2.05) is 6.07 Å². The summed E-state index contributed by atoms with van der Waals surface area (Å²) >= 11 is 0. The van der Waals surface area contributed by atoms with E-state index in [1.54, 1.807) is 0 Å². The molecule has 3 nitrogen and oxygen atoms in total. The van der Waals surface area contributed by atoms with E-state index in [0.717, 1.165) is 36.9 Å². The van der Waals surface area contributed by atoms with Gasteiger partial charge < -0.3 is 9.84 Å². The average molecular weight is 220 g/mol. The van der Waals surface area contributed by atoms with Crippen molar-refractivity contribution in [3.05, 3.63) is 29.7 Å². The lowest BCUT2D eigenvalue weighted by molar-refractivity contribution is 0.357. The van der Waals surface area contributed by atoms with Crippen molar-refractivity contribution in [2.24, 2.45) is 5.92 Å². The van der Waals surface area contributed by atoms with Crippen molar-refractivity contribution >= 4 is 0 Å². The molecule has 0 amide bonds. The van der Waals surface area contributed by atoms with Crippen molar-refractivity contribution in [2.75, 3.05) is 6.54 Å². The van der Waals surface area contributed by atoms with Crippen molar-refractivity contribution < 1.29 is 4.52 Å². The predicted octanol–water partition coefficient (Wildman–Crippen LogP) is 2.68. The second kappa shape index (κ2) is 5.85. The van der Waals surface area contributed by atoms with Crippen molar-refractivity contribution in [3.63, 3.8) is 0 Å². The minimum atomic E-state index is 0.790. The van der Waals surface area contributed by atoms with Gasteiger partial charge >= 0.3 is 0 Å². The van der Waals surface area contributed by atoms with Crippen LogP contribution in [0.3, 0.4) is 0 Å². The van der Waals surface area contributed by atoms with Crippen LogP contribution < -0.4 is 5.32 Å². The lowest BCUT2D eigenvalue weighted by Gasteiger charge is -2.17. The number of aryl methyl sites for hydroxylation is 1. The van der Waals surface area contributed by atoms with Gasteiger partial charge in [-0.1, -0.05) is 24.2 Å².